The summed E-state index contributed by atoms with van der Waals surface area (Å²) in [5.41, 5.74) is 2.16. The molecule has 3 aromatic rings. The van der Waals surface area contributed by atoms with Gasteiger partial charge in [-0.05, 0) is 24.1 Å². The second kappa shape index (κ2) is 7.79. The number of hydrogen-bond donors (Lipinski definition) is 0. The lowest BCUT2D eigenvalue weighted by atomic mass is 10.1. The van der Waals surface area contributed by atoms with E-state index in [1.165, 1.54) is 6.07 Å². The van der Waals surface area contributed by atoms with Gasteiger partial charge in [0.05, 0.1) is 18.4 Å². The number of ether oxygens (including phenoxy) is 1. The number of unbranched alkanes of at least 4 members (excludes halogenated alkanes) is 1. The average molecular weight is 336 g/mol. The zero-order valence-corrected chi connectivity index (χ0v) is 14.2. The summed E-state index contributed by atoms with van der Waals surface area (Å²) in [5.74, 6) is 0.291. The first kappa shape index (κ1) is 17.0. The van der Waals surface area contributed by atoms with Crippen molar-refractivity contribution in [2.75, 3.05) is 6.61 Å². The molecule has 3 rings (SSSR count). The van der Waals surface area contributed by atoms with Crippen LogP contribution in [-0.4, -0.2) is 12.6 Å². The smallest absolute Gasteiger partial charge is 0.310 e. The molecule has 0 atom stereocenters. The van der Waals surface area contributed by atoms with Gasteiger partial charge < -0.3 is 9.15 Å². The zero-order chi connectivity index (χ0) is 17.6. The molecule has 25 heavy (non-hydrogen) atoms. The fourth-order valence-electron chi connectivity index (χ4n) is 2.58. The van der Waals surface area contributed by atoms with Gasteiger partial charge in [-0.1, -0.05) is 49.7 Å². The van der Waals surface area contributed by atoms with Gasteiger partial charge in [-0.15, -0.1) is 0 Å². The maximum Gasteiger partial charge on any atom is 0.310 e. The van der Waals surface area contributed by atoms with Crippen LogP contribution >= 0.6 is 0 Å². The third-order valence-corrected chi connectivity index (χ3v) is 3.98. The molecular weight excluding hydrogens is 316 g/mol. The number of fused-ring (bicyclic) bond motifs is 1. The standard InChI is InChI=1S/C21H20O4/c1-2-3-12-24-21(23)13-15-8-10-16(11-9-15)20-14-18(22)17-6-4-5-7-19(17)25-20/h4-11,14H,2-3,12-13H2,1H3. The van der Waals surface area contributed by atoms with Gasteiger partial charge in [0.1, 0.15) is 11.3 Å². The highest BCUT2D eigenvalue weighted by Gasteiger charge is 2.08. The predicted octanol–water partition coefficient (Wildman–Crippen LogP) is 4.35. The molecule has 0 bridgehead atoms. The highest BCUT2D eigenvalue weighted by atomic mass is 16.5. The van der Waals surface area contributed by atoms with Crippen LogP contribution in [0, 0.1) is 0 Å². The van der Waals surface area contributed by atoms with Crippen LogP contribution in [-0.2, 0) is 16.0 Å². The third-order valence-electron chi connectivity index (χ3n) is 3.98. The molecule has 0 amide bonds. The molecule has 0 saturated heterocycles. The number of carbonyl (C=O) groups excluding carboxylic acids is 1. The Hall–Kier alpha value is -2.88. The van der Waals surface area contributed by atoms with Crippen LogP contribution in [0.15, 0.2) is 63.8 Å². The molecule has 0 saturated carbocycles. The Kier molecular flexibility index (Phi) is 5.29. The summed E-state index contributed by atoms with van der Waals surface area (Å²) >= 11 is 0. The molecule has 4 heteroatoms. The van der Waals surface area contributed by atoms with Crippen molar-refractivity contribution in [2.45, 2.75) is 26.2 Å². The Bertz CT molecular complexity index is 923. The second-order valence-corrected chi connectivity index (χ2v) is 5.92. The van der Waals surface area contributed by atoms with Crippen molar-refractivity contribution >= 4 is 16.9 Å². The van der Waals surface area contributed by atoms with Crippen molar-refractivity contribution < 1.29 is 13.9 Å². The van der Waals surface area contributed by atoms with Crippen LogP contribution < -0.4 is 5.43 Å². The third kappa shape index (κ3) is 4.15. The summed E-state index contributed by atoms with van der Waals surface area (Å²) in [6, 6.07) is 16.1. The topological polar surface area (TPSA) is 56.5 Å². The molecule has 128 valence electrons. The lowest BCUT2D eigenvalue weighted by Gasteiger charge is -2.06. The SMILES string of the molecule is CCCCOC(=O)Cc1ccc(-c2cc(=O)c3ccccc3o2)cc1. The Morgan fingerprint density at radius 3 is 2.60 bits per heavy atom. The Balaban J connectivity index is 1.76. The monoisotopic (exact) mass is 336 g/mol. The summed E-state index contributed by atoms with van der Waals surface area (Å²) in [5, 5.41) is 0.567. The lowest BCUT2D eigenvalue weighted by Crippen LogP contribution is -2.08. The molecule has 1 aromatic heterocycles. The van der Waals surface area contributed by atoms with Gasteiger partial charge in [0, 0.05) is 11.6 Å². The first-order chi connectivity index (χ1) is 12.2. The van der Waals surface area contributed by atoms with E-state index in [4.69, 9.17) is 9.15 Å². The number of para-hydroxylation sites is 1. The van der Waals surface area contributed by atoms with E-state index in [1.54, 1.807) is 12.1 Å². The molecule has 0 aliphatic rings. The molecule has 0 aliphatic heterocycles. The van der Waals surface area contributed by atoms with Gasteiger partial charge in [-0.2, -0.15) is 0 Å². The summed E-state index contributed by atoms with van der Waals surface area (Å²) in [6.45, 7) is 2.52. The first-order valence-electron chi connectivity index (χ1n) is 8.45. The van der Waals surface area contributed by atoms with E-state index in [9.17, 15) is 9.59 Å². The summed E-state index contributed by atoms with van der Waals surface area (Å²) < 4.78 is 11.0. The molecular formula is C21H20O4. The maximum atomic E-state index is 12.2. The summed E-state index contributed by atoms with van der Waals surface area (Å²) in [7, 11) is 0. The van der Waals surface area contributed by atoms with Crippen LogP contribution in [0.25, 0.3) is 22.3 Å². The van der Waals surface area contributed by atoms with Crippen molar-refractivity contribution in [3.05, 3.63) is 70.4 Å². The quantitative estimate of drug-likeness (QED) is 0.496. The van der Waals surface area contributed by atoms with E-state index in [-0.39, 0.29) is 17.8 Å². The van der Waals surface area contributed by atoms with Gasteiger partial charge in [0.15, 0.2) is 5.43 Å². The molecule has 2 aromatic carbocycles. The fraction of sp³-hybridized carbons (Fsp3) is 0.238. The molecule has 0 unspecified atom stereocenters. The number of esters is 1. The number of carbonyl (C=O) groups is 1. The van der Waals surface area contributed by atoms with Crippen LogP contribution in [0.4, 0.5) is 0 Å². The van der Waals surface area contributed by atoms with Crippen molar-refractivity contribution in [3.8, 4) is 11.3 Å². The van der Waals surface area contributed by atoms with Gasteiger partial charge >= 0.3 is 5.97 Å². The van der Waals surface area contributed by atoms with Crippen molar-refractivity contribution in [3.63, 3.8) is 0 Å². The van der Waals surface area contributed by atoms with Gasteiger partial charge in [0.25, 0.3) is 0 Å². The number of benzene rings is 2. The normalized spacial score (nSPS) is 10.8. The van der Waals surface area contributed by atoms with Crippen LogP contribution in [0.2, 0.25) is 0 Å². The summed E-state index contributed by atoms with van der Waals surface area (Å²) in [4.78, 5) is 23.9. The van der Waals surface area contributed by atoms with Crippen LogP contribution in [0.1, 0.15) is 25.3 Å². The summed E-state index contributed by atoms with van der Waals surface area (Å²) in [6.07, 6.45) is 2.12. The van der Waals surface area contributed by atoms with Gasteiger partial charge in [-0.3, -0.25) is 9.59 Å². The Morgan fingerprint density at radius 2 is 1.84 bits per heavy atom. The van der Waals surface area contributed by atoms with E-state index in [2.05, 4.69) is 6.92 Å². The van der Waals surface area contributed by atoms with E-state index in [0.29, 0.717) is 23.3 Å². The molecule has 0 N–H and O–H groups in total. The number of hydrogen-bond acceptors (Lipinski definition) is 4. The van der Waals surface area contributed by atoms with E-state index in [0.717, 1.165) is 24.0 Å². The molecule has 1 heterocycles. The Morgan fingerprint density at radius 1 is 1.08 bits per heavy atom. The first-order valence-corrected chi connectivity index (χ1v) is 8.45. The predicted molar refractivity (Wildman–Crippen MR) is 97.5 cm³/mol. The van der Waals surface area contributed by atoms with Crippen molar-refractivity contribution in [2.24, 2.45) is 0 Å². The fourth-order valence-corrected chi connectivity index (χ4v) is 2.58. The second-order valence-electron chi connectivity index (χ2n) is 5.92. The molecule has 4 nitrogen and oxygen atoms in total. The number of rotatable bonds is 6. The van der Waals surface area contributed by atoms with Crippen molar-refractivity contribution in [1.29, 1.82) is 0 Å². The molecule has 0 spiro atoms. The van der Waals surface area contributed by atoms with Crippen LogP contribution in [0.5, 0.6) is 0 Å². The van der Waals surface area contributed by atoms with E-state index in [1.807, 2.05) is 36.4 Å². The maximum absolute atomic E-state index is 12.2. The lowest BCUT2D eigenvalue weighted by molar-refractivity contribution is -0.142. The minimum absolute atomic E-state index is 0.0690. The highest BCUT2D eigenvalue weighted by Crippen LogP contribution is 2.22. The van der Waals surface area contributed by atoms with Crippen LogP contribution in [0.3, 0.4) is 0 Å². The minimum Gasteiger partial charge on any atom is -0.465 e. The zero-order valence-electron chi connectivity index (χ0n) is 14.2. The Labute approximate surface area is 146 Å². The van der Waals surface area contributed by atoms with E-state index >= 15 is 0 Å². The molecule has 0 fully saturated rings. The van der Waals surface area contributed by atoms with Gasteiger partial charge in [-0.25, -0.2) is 0 Å². The van der Waals surface area contributed by atoms with E-state index < -0.39 is 0 Å². The van der Waals surface area contributed by atoms with Crippen molar-refractivity contribution in [1.82, 2.24) is 0 Å². The molecule has 0 radical (unpaired) electrons. The largest absolute Gasteiger partial charge is 0.465 e. The molecule has 0 aliphatic carbocycles. The minimum atomic E-state index is -0.224. The van der Waals surface area contributed by atoms with Gasteiger partial charge in [0.2, 0.25) is 0 Å². The highest BCUT2D eigenvalue weighted by molar-refractivity contribution is 5.78. The average Bonchev–Trinajstić information content (AvgIpc) is 2.62.